The van der Waals surface area contributed by atoms with E-state index in [0.717, 1.165) is 11.8 Å². The Morgan fingerprint density at radius 3 is 2.52 bits per heavy atom. The minimum absolute atomic E-state index is 0.358. The molecule has 0 radical (unpaired) electrons. The fourth-order valence-electron chi connectivity index (χ4n) is 6.17. The lowest BCUT2D eigenvalue weighted by molar-refractivity contribution is 0.00715. The van der Waals surface area contributed by atoms with Crippen LogP contribution in [0.5, 0.6) is 0 Å². The third kappa shape index (κ3) is 4.51. The number of aryl methyl sites for hydroxylation is 1. The lowest BCUT2D eigenvalue weighted by Gasteiger charge is -2.48. The van der Waals surface area contributed by atoms with Gasteiger partial charge in [-0.2, -0.15) is 0 Å². The topological polar surface area (TPSA) is 20.2 Å². The van der Waals surface area contributed by atoms with Crippen LogP contribution in [-0.4, -0.2) is 11.7 Å². The second-order valence-electron chi connectivity index (χ2n) is 9.39. The molecule has 29 heavy (non-hydrogen) atoms. The first kappa shape index (κ1) is 20.4. The molecule has 5 atom stereocenters. The summed E-state index contributed by atoms with van der Waals surface area (Å²) < 4.78 is 0. The van der Waals surface area contributed by atoms with Gasteiger partial charge in [-0.3, -0.25) is 0 Å². The van der Waals surface area contributed by atoms with Crippen LogP contribution in [0.15, 0.2) is 54.6 Å². The number of aliphatic hydroxyl groups excluding tert-OH is 1. The lowest BCUT2D eigenvalue weighted by Crippen LogP contribution is -2.41. The predicted molar refractivity (Wildman–Crippen MR) is 124 cm³/mol. The van der Waals surface area contributed by atoms with E-state index in [2.05, 4.69) is 74.5 Å². The molecule has 2 aromatic rings. The highest BCUT2D eigenvalue weighted by atomic mass is 16.3. The Hall–Kier alpha value is -1.86. The maximum atomic E-state index is 10.0. The van der Waals surface area contributed by atoms with Gasteiger partial charge in [0.05, 0.1) is 0 Å². The SMILES string of the molecule is CC[C@H]1[C@H](CO)C[C@@H]2CCCC[C@H]2[C@@H]1/C=C/c1ccc(-c2cccc(C)c2)cc1. The molecule has 0 amide bonds. The van der Waals surface area contributed by atoms with Gasteiger partial charge in [0.15, 0.2) is 0 Å². The van der Waals surface area contributed by atoms with Crippen LogP contribution >= 0.6 is 0 Å². The van der Waals surface area contributed by atoms with Crippen molar-refractivity contribution in [3.63, 3.8) is 0 Å². The van der Waals surface area contributed by atoms with Gasteiger partial charge >= 0.3 is 0 Å². The summed E-state index contributed by atoms with van der Waals surface area (Å²) >= 11 is 0. The number of aliphatic hydroxyl groups is 1. The average Bonchev–Trinajstić information content (AvgIpc) is 2.77. The highest BCUT2D eigenvalue weighted by Gasteiger charge is 2.42. The predicted octanol–water partition coefficient (Wildman–Crippen LogP) is 7.14. The molecule has 2 aromatic carbocycles. The summed E-state index contributed by atoms with van der Waals surface area (Å²) in [5.74, 6) is 3.37. The van der Waals surface area contributed by atoms with Crippen LogP contribution in [0.2, 0.25) is 0 Å². The number of fused-ring (bicyclic) bond motifs is 1. The number of hydrogen-bond acceptors (Lipinski definition) is 1. The molecule has 0 saturated heterocycles. The quantitative estimate of drug-likeness (QED) is 0.577. The Bertz CT molecular complexity index is 812. The molecule has 1 heteroatoms. The van der Waals surface area contributed by atoms with Crippen LogP contribution in [0.1, 0.15) is 56.6 Å². The summed E-state index contributed by atoms with van der Waals surface area (Å²) in [6, 6.07) is 17.7. The summed E-state index contributed by atoms with van der Waals surface area (Å²) in [6.45, 7) is 4.82. The first-order chi connectivity index (χ1) is 14.2. The van der Waals surface area contributed by atoms with Gasteiger partial charge in [-0.05, 0) is 66.0 Å². The monoisotopic (exact) mass is 388 g/mol. The third-order valence-electron chi connectivity index (χ3n) is 7.65. The van der Waals surface area contributed by atoms with Gasteiger partial charge in [-0.15, -0.1) is 0 Å². The molecule has 2 saturated carbocycles. The number of rotatable bonds is 5. The van der Waals surface area contributed by atoms with Gasteiger partial charge in [-0.25, -0.2) is 0 Å². The molecule has 154 valence electrons. The molecule has 2 fully saturated rings. The van der Waals surface area contributed by atoms with Crippen LogP contribution in [0.3, 0.4) is 0 Å². The van der Waals surface area contributed by atoms with Gasteiger partial charge in [-0.1, -0.05) is 98.9 Å². The molecule has 2 aliphatic rings. The van der Waals surface area contributed by atoms with Gasteiger partial charge in [0.1, 0.15) is 0 Å². The Morgan fingerprint density at radius 2 is 1.79 bits per heavy atom. The zero-order chi connectivity index (χ0) is 20.2. The van der Waals surface area contributed by atoms with E-state index in [0.29, 0.717) is 24.4 Å². The van der Waals surface area contributed by atoms with Crippen molar-refractivity contribution in [2.75, 3.05) is 6.61 Å². The number of hydrogen-bond donors (Lipinski definition) is 1. The Kier molecular flexibility index (Phi) is 6.55. The zero-order valence-corrected chi connectivity index (χ0v) is 18.1. The van der Waals surface area contributed by atoms with E-state index in [-0.39, 0.29) is 0 Å². The van der Waals surface area contributed by atoms with Crippen LogP contribution in [-0.2, 0) is 0 Å². The molecule has 0 bridgehead atoms. The van der Waals surface area contributed by atoms with Crippen molar-refractivity contribution in [3.05, 3.63) is 65.7 Å². The third-order valence-corrected chi connectivity index (χ3v) is 7.65. The van der Waals surface area contributed by atoms with E-state index in [1.807, 2.05) is 0 Å². The van der Waals surface area contributed by atoms with Crippen molar-refractivity contribution < 1.29 is 5.11 Å². The summed E-state index contributed by atoms with van der Waals surface area (Å²) in [6.07, 6.45) is 12.8. The van der Waals surface area contributed by atoms with Crippen LogP contribution in [0, 0.1) is 36.5 Å². The fourth-order valence-corrected chi connectivity index (χ4v) is 6.17. The first-order valence-corrected chi connectivity index (χ1v) is 11.7. The molecule has 1 nitrogen and oxygen atoms in total. The summed E-state index contributed by atoms with van der Waals surface area (Å²) in [5.41, 5.74) is 5.15. The van der Waals surface area contributed by atoms with Crippen molar-refractivity contribution in [2.45, 2.75) is 52.4 Å². The first-order valence-electron chi connectivity index (χ1n) is 11.7. The van der Waals surface area contributed by atoms with Gasteiger partial charge in [0.2, 0.25) is 0 Å². The molecule has 4 rings (SSSR count). The molecule has 1 N–H and O–H groups in total. The van der Waals surface area contributed by atoms with E-state index in [4.69, 9.17) is 0 Å². The number of benzene rings is 2. The minimum atomic E-state index is 0.358. The van der Waals surface area contributed by atoms with Crippen LogP contribution in [0.25, 0.3) is 17.2 Å². The Morgan fingerprint density at radius 1 is 1.00 bits per heavy atom. The van der Waals surface area contributed by atoms with E-state index in [9.17, 15) is 5.11 Å². The van der Waals surface area contributed by atoms with Crippen molar-refractivity contribution in [2.24, 2.45) is 29.6 Å². The Balaban J connectivity index is 1.54. The standard InChI is InChI=1S/C28H36O/c1-3-26-25(19-29)18-24-8-4-5-10-27(24)28(26)16-13-21-11-14-22(15-12-21)23-9-6-7-20(2)17-23/h6-7,9,11-17,24-29H,3-5,8,10,18-19H2,1-2H3/b16-13+/t24-,25-,26-,27+,28+/m0/s1. The normalized spacial score (nSPS) is 29.7. The van der Waals surface area contributed by atoms with E-state index < -0.39 is 0 Å². The smallest absolute Gasteiger partial charge is 0.0462 e. The fraction of sp³-hybridized carbons (Fsp3) is 0.500. The molecule has 0 unspecified atom stereocenters. The molecular weight excluding hydrogens is 352 g/mol. The summed E-state index contributed by atoms with van der Waals surface area (Å²) in [7, 11) is 0. The maximum absolute atomic E-state index is 10.0. The Labute approximate surface area is 176 Å². The highest BCUT2D eigenvalue weighted by molar-refractivity contribution is 5.66. The molecule has 0 heterocycles. The second kappa shape index (κ2) is 9.30. The summed E-state index contributed by atoms with van der Waals surface area (Å²) in [4.78, 5) is 0. The summed E-state index contributed by atoms with van der Waals surface area (Å²) in [5, 5.41) is 10.0. The minimum Gasteiger partial charge on any atom is -0.396 e. The highest BCUT2D eigenvalue weighted by Crippen LogP contribution is 2.50. The van der Waals surface area contributed by atoms with Crippen molar-refractivity contribution in [1.29, 1.82) is 0 Å². The molecule has 0 spiro atoms. The van der Waals surface area contributed by atoms with E-state index >= 15 is 0 Å². The maximum Gasteiger partial charge on any atom is 0.0462 e. The second-order valence-corrected chi connectivity index (χ2v) is 9.39. The van der Waals surface area contributed by atoms with E-state index in [1.165, 1.54) is 60.8 Å². The van der Waals surface area contributed by atoms with E-state index in [1.54, 1.807) is 0 Å². The van der Waals surface area contributed by atoms with Gasteiger partial charge in [0.25, 0.3) is 0 Å². The molecular formula is C28H36O. The van der Waals surface area contributed by atoms with Gasteiger partial charge in [0, 0.05) is 6.61 Å². The molecule has 0 aliphatic heterocycles. The van der Waals surface area contributed by atoms with Crippen LogP contribution < -0.4 is 0 Å². The molecule has 0 aromatic heterocycles. The van der Waals surface area contributed by atoms with Crippen molar-refractivity contribution in [3.8, 4) is 11.1 Å². The average molecular weight is 389 g/mol. The van der Waals surface area contributed by atoms with Crippen molar-refractivity contribution >= 4 is 6.08 Å². The zero-order valence-electron chi connectivity index (χ0n) is 18.1. The van der Waals surface area contributed by atoms with Gasteiger partial charge < -0.3 is 5.11 Å². The molecule has 2 aliphatic carbocycles. The lowest BCUT2D eigenvalue weighted by atomic mass is 9.57. The van der Waals surface area contributed by atoms with Crippen LogP contribution in [0.4, 0.5) is 0 Å². The van der Waals surface area contributed by atoms with Crippen molar-refractivity contribution in [1.82, 2.24) is 0 Å². The largest absolute Gasteiger partial charge is 0.396 e. The number of allylic oxidation sites excluding steroid dienone is 1.